The van der Waals surface area contributed by atoms with E-state index in [1.165, 1.54) is 15.6 Å². The minimum atomic E-state index is -3.26. The van der Waals surface area contributed by atoms with Crippen LogP contribution in [0.3, 0.4) is 0 Å². The van der Waals surface area contributed by atoms with Crippen LogP contribution >= 0.6 is 11.3 Å². The van der Waals surface area contributed by atoms with Gasteiger partial charge in [-0.1, -0.05) is 6.92 Å². The van der Waals surface area contributed by atoms with Crippen molar-refractivity contribution in [1.29, 1.82) is 0 Å². The third kappa shape index (κ3) is 2.78. The third-order valence-corrected chi connectivity index (χ3v) is 5.58. The molecular weight excluding hydrogens is 232 g/mol. The van der Waals surface area contributed by atoms with Gasteiger partial charge in [-0.3, -0.25) is 0 Å². The van der Waals surface area contributed by atoms with Crippen molar-refractivity contribution in [2.24, 2.45) is 0 Å². The molecule has 1 aromatic rings. The second-order valence-corrected chi connectivity index (χ2v) is 6.61. The van der Waals surface area contributed by atoms with E-state index >= 15 is 0 Å². The van der Waals surface area contributed by atoms with Crippen LogP contribution in [0.15, 0.2) is 16.3 Å². The van der Waals surface area contributed by atoms with E-state index in [0.717, 1.165) is 4.88 Å². The Morgan fingerprint density at radius 2 is 2.13 bits per heavy atom. The Morgan fingerprint density at radius 1 is 1.47 bits per heavy atom. The van der Waals surface area contributed by atoms with Gasteiger partial charge in [0.05, 0.1) is 0 Å². The normalized spacial score (nSPS) is 12.3. The van der Waals surface area contributed by atoms with Gasteiger partial charge in [-0.05, 0) is 19.2 Å². The predicted molar refractivity (Wildman–Crippen MR) is 62.6 cm³/mol. The van der Waals surface area contributed by atoms with Crippen LogP contribution in [-0.2, 0) is 16.6 Å². The highest BCUT2D eigenvalue weighted by Crippen LogP contribution is 2.23. The number of hydrogen-bond acceptors (Lipinski definition) is 4. The maximum atomic E-state index is 11.9. The van der Waals surface area contributed by atoms with E-state index in [9.17, 15) is 8.42 Å². The lowest BCUT2D eigenvalue weighted by Crippen LogP contribution is -2.25. The molecular formula is C9H16N2O2S2. The Balaban J connectivity index is 2.96. The molecule has 0 saturated carbocycles. The first-order valence-electron chi connectivity index (χ1n) is 4.72. The Morgan fingerprint density at radius 3 is 2.67 bits per heavy atom. The van der Waals surface area contributed by atoms with Gasteiger partial charge in [0.25, 0.3) is 10.0 Å². The largest absolute Gasteiger partial charge is 0.315 e. The summed E-state index contributed by atoms with van der Waals surface area (Å²) in [6, 6.07) is 3.51. The minimum absolute atomic E-state index is 0.414. The van der Waals surface area contributed by atoms with Crippen LogP contribution in [0.2, 0.25) is 0 Å². The average molecular weight is 248 g/mol. The molecule has 1 heterocycles. The number of nitrogens with zero attached hydrogens (tertiary/aromatic N) is 1. The third-order valence-electron chi connectivity index (χ3n) is 2.10. The fourth-order valence-electron chi connectivity index (χ4n) is 1.09. The van der Waals surface area contributed by atoms with E-state index in [2.05, 4.69) is 5.32 Å². The van der Waals surface area contributed by atoms with Crippen molar-refractivity contribution in [2.75, 3.05) is 20.6 Å². The van der Waals surface area contributed by atoms with Gasteiger partial charge in [0.1, 0.15) is 4.21 Å². The quantitative estimate of drug-likeness (QED) is 0.849. The van der Waals surface area contributed by atoms with Crippen LogP contribution < -0.4 is 5.32 Å². The molecule has 0 spiro atoms. The first-order chi connectivity index (χ1) is 7.02. The Labute approximate surface area is 95.0 Å². The second kappa shape index (κ2) is 5.07. The number of nitrogens with one attached hydrogen (secondary N) is 1. The monoisotopic (exact) mass is 248 g/mol. The molecule has 0 aliphatic heterocycles. The fraction of sp³-hybridized carbons (Fsp3) is 0.556. The summed E-state index contributed by atoms with van der Waals surface area (Å²) in [6.07, 6.45) is 0. The molecule has 0 aromatic carbocycles. The van der Waals surface area contributed by atoms with Gasteiger partial charge in [-0.15, -0.1) is 11.3 Å². The van der Waals surface area contributed by atoms with Crippen molar-refractivity contribution in [3.63, 3.8) is 0 Å². The standard InChI is InChI=1S/C9H16N2O2S2/c1-4-11(3)15(12,13)9-6-5-8(14-9)7-10-2/h5-6,10H,4,7H2,1-3H3. The molecule has 86 valence electrons. The summed E-state index contributed by atoms with van der Waals surface area (Å²) in [5.41, 5.74) is 0. The Hall–Kier alpha value is -0.430. The van der Waals surface area contributed by atoms with Crippen LogP contribution in [0.1, 0.15) is 11.8 Å². The minimum Gasteiger partial charge on any atom is -0.315 e. The lowest BCUT2D eigenvalue weighted by Gasteiger charge is -2.12. The molecule has 4 nitrogen and oxygen atoms in total. The molecule has 1 N–H and O–H groups in total. The number of sulfonamides is 1. The summed E-state index contributed by atoms with van der Waals surface area (Å²) in [7, 11) is 0.167. The zero-order chi connectivity index (χ0) is 11.5. The molecule has 0 aliphatic carbocycles. The molecule has 0 atom stereocenters. The molecule has 0 unspecified atom stereocenters. The second-order valence-electron chi connectivity index (χ2n) is 3.17. The Kier molecular flexibility index (Phi) is 4.27. The van der Waals surface area contributed by atoms with Crippen molar-refractivity contribution in [3.05, 3.63) is 17.0 Å². The topological polar surface area (TPSA) is 49.4 Å². The zero-order valence-electron chi connectivity index (χ0n) is 9.15. The summed E-state index contributed by atoms with van der Waals surface area (Å²) in [4.78, 5) is 1.03. The van der Waals surface area contributed by atoms with Crippen LogP contribution in [0.5, 0.6) is 0 Å². The summed E-state index contributed by atoms with van der Waals surface area (Å²) in [5.74, 6) is 0. The molecule has 1 aromatic heterocycles. The predicted octanol–water partition coefficient (Wildman–Crippen LogP) is 1.11. The average Bonchev–Trinajstić information content (AvgIpc) is 2.66. The van der Waals surface area contributed by atoms with Crippen LogP contribution in [0.25, 0.3) is 0 Å². The number of hydrogen-bond donors (Lipinski definition) is 1. The molecule has 0 fully saturated rings. The lowest BCUT2D eigenvalue weighted by atomic mass is 10.5. The first kappa shape index (κ1) is 12.6. The van der Waals surface area contributed by atoms with Crippen molar-refractivity contribution in [2.45, 2.75) is 17.7 Å². The summed E-state index contributed by atoms with van der Waals surface area (Å²) >= 11 is 1.32. The Bertz CT molecular complexity index is 412. The maximum Gasteiger partial charge on any atom is 0.252 e. The molecule has 0 amide bonds. The summed E-state index contributed by atoms with van der Waals surface area (Å²) in [5, 5.41) is 2.99. The van der Waals surface area contributed by atoms with Gasteiger partial charge >= 0.3 is 0 Å². The van der Waals surface area contributed by atoms with E-state index in [1.807, 2.05) is 20.0 Å². The fourth-order valence-corrected chi connectivity index (χ4v) is 3.85. The van der Waals surface area contributed by atoms with Crippen molar-refractivity contribution in [1.82, 2.24) is 9.62 Å². The molecule has 0 saturated heterocycles. The van der Waals surface area contributed by atoms with Gasteiger partial charge < -0.3 is 5.32 Å². The van der Waals surface area contributed by atoms with Gasteiger partial charge in [-0.2, -0.15) is 0 Å². The highest BCUT2D eigenvalue weighted by molar-refractivity contribution is 7.91. The summed E-state index contributed by atoms with van der Waals surface area (Å²) < 4.78 is 25.6. The zero-order valence-corrected chi connectivity index (χ0v) is 10.8. The molecule has 6 heteroatoms. The van der Waals surface area contributed by atoms with E-state index in [-0.39, 0.29) is 0 Å². The SMILES string of the molecule is CCN(C)S(=O)(=O)c1ccc(CNC)s1. The molecule has 0 bridgehead atoms. The van der Waals surface area contributed by atoms with E-state index in [4.69, 9.17) is 0 Å². The van der Waals surface area contributed by atoms with Crippen molar-refractivity contribution >= 4 is 21.4 Å². The van der Waals surface area contributed by atoms with E-state index in [1.54, 1.807) is 13.1 Å². The highest BCUT2D eigenvalue weighted by Gasteiger charge is 2.20. The summed E-state index contributed by atoms with van der Waals surface area (Å²) in [6.45, 7) is 3.01. The number of rotatable bonds is 5. The van der Waals surface area contributed by atoms with Crippen LogP contribution in [-0.4, -0.2) is 33.4 Å². The molecule has 0 aliphatic rings. The van der Waals surface area contributed by atoms with Gasteiger partial charge in [0, 0.05) is 25.0 Å². The van der Waals surface area contributed by atoms with E-state index < -0.39 is 10.0 Å². The smallest absolute Gasteiger partial charge is 0.252 e. The number of thiophene rings is 1. The van der Waals surface area contributed by atoms with Crippen LogP contribution in [0, 0.1) is 0 Å². The van der Waals surface area contributed by atoms with E-state index in [0.29, 0.717) is 17.3 Å². The van der Waals surface area contributed by atoms with Crippen molar-refractivity contribution in [3.8, 4) is 0 Å². The molecule has 1 rings (SSSR count). The molecule has 0 radical (unpaired) electrons. The lowest BCUT2D eigenvalue weighted by molar-refractivity contribution is 0.488. The first-order valence-corrected chi connectivity index (χ1v) is 6.97. The van der Waals surface area contributed by atoms with Crippen LogP contribution in [0.4, 0.5) is 0 Å². The van der Waals surface area contributed by atoms with Gasteiger partial charge in [0.2, 0.25) is 0 Å². The van der Waals surface area contributed by atoms with Crippen molar-refractivity contribution < 1.29 is 8.42 Å². The maximum absolute atomic E-state index is 11.9. The highest BCUT2D eigenvalue weighted by atomic mass is 32.2. The van der Waals surface area contributed by atoms with Gasteiger partial charge in [0.15, 0.2) is 0 Å². The molecule has 15 heavy (non-hydrogen) atoms. The van der Waals surface area contributed by atoms with Gasteiger partial charge in [-0.25, -0.2) is 12.7 Å².